The average molecular weight is 223 g/mol. The normalized spacial score (nSPS) is 17.1. The maximum atomic E-state index is 4.37. The highest BCUT2D eigenvalue weighted by Crippen LogP contribution is 2.17. The van der Waals surface area contributed by atoms with Crippen LogP contribution < -0.4 is 0 Å². The van der Waals surface area contributed by atoms with Gasteiger partial charge in [-0.1, -0.05) is 47.1 Å². The van der Waals surface area contributed by atoms with Gasteiger partial charge in [0.25, 0.3) is 0 Å². The first-order valence-electron chi connectivity index (χ1n) is 6.68. The Morgan fingerprint density at radius 1 is 1.12 bits per heavy atom. The Labute approximate surface area is 102 Å². The van der Waals surface area contributed by atoms with Crippen molar-refractivity contribution < 1.29 is 0 Å². The molecule has 0 aromatic rings. The molecule has 0 N–H and O–H groups in total. The molecule has 2 unspecified atom stereocenters. The minimum atomic E-state index is 0.689. The monoisotopic (exact) mass is 223 g/mol. The fourth-order valence-electron chi connectivity index (χ4n) is 1.80. The van der Waals surface area contributed by atoms with Crippen LogP contribution in [-0.2, 0) is 0 Å². The maximum absolute atomic E-state index is 4.37. The molecule has 0 heterocycles. The number of allylic oxidation sites excluding steroid dienone is 2. The number of aliphatic imine (C=N–C) groups is 1. The Hall–Kier alpha value is -0.590. The van der Waals surface area contributed by atoms with Crippen LogP contribution in [0.1, 0.15) is 53.9 Å². The van der Waals surface area contributed by atoms with Crippen LogP contribution in [0.3, 0.4) is 0 Å². The summed E-state index contributed by atoms with van der Waals surface area (Å²) in [4.78, 5) is 4.37. The van der Waals surface area contributed by atoms with Crippen molar-refractivity contribution in [3.63, 3.8) is 0 Å². The average Bonchev–Trinajstić information content (AvgIpc) is 2.27. The van der Waals surface area contributed by atoms with E-state index >= 15 is 0 Å². The number of hydrogen-bond donors (Lipinski definition) is 0. The summed E-state index contributed by atoms with van der Waals surface area (Å²) >= 11 is 0. The second kappa shape index (κ2) is 8.55. The van der Waals surface area contributed by atoms with Gasteiger partial charge in [-0.15, -0.1) is 0 Å². The summed E-state index contributed by atoms with van der Waals surface area (Å²) in [6.45, 7) is 11.4. The van der Waals surface area contributed by atoms with Crippen LogP contribution in [-0.4, -0.2) is 12.8 Å². The zero-order valence-electron chi connectivity index (χ0n) is 12.0. The van der Waals surface area contributed by atoms with Crippen molar-refractivity contribution in [1.82, 2.24) is 0 Å². The fraction of sp³-hybridized carbons (Fsp3) is 0.800. The number of rotatable bonds is 7. The third-order valence-electron chi connectivity index (χ3n) is 3.41. The van der Waals surface area contributed by atoms with Gasteiger partial charge in [-0.25, -0.2) is 0 Å². The summed E-state index contributed by atoms with van der Waals surface area (Å²) < 4.78 is 0. The molecule has 1 heteroatoms. The lowest BCUT2D eigenvalue weighted by molar-refractivity contribution is 0.453. The third kappa shape index (κ3) is 6.09. The quantitative estimate of drug-likeness (QED) is 0.553. The molecule has 0 aromatic carbocycles. The maximum Gasteiger partial charge on any atom is 0.0344 e. The molecule has 0 saturated carbocycles. The number of hydrogen-bond acceptors (Lipinski definition) is 1. The van der Waals surface area contributed by atoms with E-state index in [2.05, 4.69) is 51.8 Å². The lowest BCUT2D eigenvalue weighted by Gasteiger charge is -2.14. The van der Waals surface area contributed by atoms with Crippen LogP contribution in [0, 0.1) is 17.8 Å². The van der Waals surface area contributed by atoms with Gasteiger partial charge in [0, 0.05) is 12.8 Å². The van der Waals surface area contributed by atoms with Crippen molar-refractivity contribution in [3.8, 4) is 0 Å². The summed E-state index contributed by atoms with van der Waals surface area (Å²) in [7, 11) is 1.90. The molecule has 0 aliphatic carbocycles. The van der Waals surface area contributed by atoms with E-state index in [1.165, 1.54) is 18.6 Å². The lowest BCUT2D eigenvalue weighted by Crippen LogP contribution is -2.06. The van der Waals surface area contributed by atoms with Crippen molar-refractivity contribution >= 4 is 5.71 Å². The van der Waals surface area contributed by atoms with Crippen LogP contribution >= 0.6 is 0 Å². The molecule has 0 saturated heterocycles. The van der Waals surface area contributed by atoms with Gasteiger partial charge >= 0.3 is 0 Å². The molecular weight excluding hydrogens is 194 g/mol. The zero-order chi connectivity index (χ0) is 12.6. The Morgan fingerprint density at radius 2 is 1.75 bits per heavy atom. The Kier molecular flexibility index (Phi) is 8.23. The smallest absolute Gasteiger partial charge is 0.0344 e. The zero-order valence-corrected chi connectivity index (χ0v) is 12.0. The van der Waals surface area contributed by atoms with Gasteiger partial charge in [0.15, 0.2) is 0 Å². The molecule has 1 nitrogen and oxygen atoms in total. The summed E-state index contributed by atoms with van der Waals surface area (Å²) in [5.41, 5.74) is 1.24. The summed E-state index contributed by atoms with van der Waals surface area (Å²) in [6, 6.07) is 0. The van der Waals surface area contributed by atoms with Gasteiger partial charge in [0.2, 0.25) is 0 Å². The van der Waals surface area contributed by atoms with Crippen LogP contribution in [0.5, 0.6) is 0 Å². The molecule has 0 rings (SSSR count). The van der Waals surface area contributed by atoms with E-state index in [0.29, 0.717) is 5.92 Å². The van der Waals surface area contributed by atoms with E-state index < -0.39 is 0 Å². The first-order chi connectivity index (χ1) is 7.54. The fourth-order valence-corrected chi connectivity index (χ4v) is 1.80. The molecule has 0 aromatic heterocycles. The molecule has 0 amide bonds. The van der Waals surface area contributed by atoms with Gasteiger partial charge < -0.3 is 0 Å². The Bertz CT molecular complexity index is 226. The van der Waals surface area contributed by atoms with E-state index in [4.69, 9.17) is 0 Å². The number of nitrogens with zero attached hydrogens (tertiary/aromatic N) is 1. The second-order valence-corrected chi connectivity index (χ2v) is 5.11. The molecule has 0 spiro atoms. The van der Waals surface area contributed by atoms with Crippen molar-refractivity contribution in [1.29, 1.82) is 0 Å². The minimum absolute atomic E-state index is 0.689. The predicted molar refractivity (Wildman–Crippen MR) is 75.2 cm³/mol. The molecule has 0 aliphatic heterocycles. The largest absolute Gasteiger partial charge is 0.293 e. The predicted octanol–water partition coefficient (Wildman–Crippen LogP) is 4.73. The molecule has 0 radical (unpaired) electrons. The Balaban J connectivity index is 4.36. The van der Waals surface area contributed by atoms with E-state index in [1.807, 2.05) is 7.05 Å². The van der Waals surface area contributed by atoms with Gasteiger partial charge in [-0.3, -0.25) is 4.99 Å². The van der Waals surface area contributed by atoms with Crippen LogP contribution in [0.25, 0.3) is 0 Å². The van der Waals surface area contributed by atoms with Crippen molar-refractivity contribution in [2.45, 2.75) is 53.9 Å². The van der Waals surface area contributed by atoms with Crippen molar-refractivity contribution in [2.24, 2.45) is 22.7 Å². The molecule has 0 fully saturated rings. The van der Waals surface area contributed by atoms with Crippen LogP contribution in [0.4, 0.5) is 0 Å². The van der Waals surface area contributed by atoms with E-state index in [9.17, 15) is 0 Å². The molecule has 2 atom stereocenters. The van der Waals surface area contributed by atoms with Crippen LogP contribution in [0.2, 0.25) is 0 Å². The van der Waals surface area contributed by atoms with E-state index in [0.717, 1.165) is 18.3 Å². The summed E-state index contributed by atoms with van der Waals surface area (Å²) in [5, 5.41) is 0. The highest BCUT2D eigenvalue weighted by Gasteiger charge is 2.07. The van der Waals surface area contributed by atoms with Crippen molar-refractivity contribution in [3.05, 3.63) is 12.2 Å². The van der Waals surface area contributed by atoms with E-state index in [1.54, 1.807) is 0 Å². The van der Waals surface area contributed by atoms with Gasteiger partial charge in [0.05, 0.1) is 0 Å². The standard InChI is InChI=1S/C15H29N/c1-7-13(5)11-15(16-6)10-9-14(8-2)12(3)4/h9-10,12-14H,7-8,11H2,1-6H3. The topological polar surface area (TPSA) is 12.4 Å². The van der Waals surface area contributed by atoms with Crippen LogP contribution in [0.15, 0.2) is 17.1 Å². The Morgan fingerprint density at radius 3 is 2.12 bits per heavy atom. The molecule has 16 heavy (non-hydrogen) atoms. The summed E-state index contributed by atoms with van der Waals surface area (Å²) in [5.74, 6) is 2.15. The molecule has 94 valence electrons. The third-order valence-corrected chi connectivity index (χ3v) is 3.41. The molecule has 0 bridgehead atoms. The second-order valence-electron chi connectivity index (χ2n) is 5.11. The lowest BCUT2D eigenvalue weighted by atomic mass is 9.92. The SMILES string of the molecule is CCC(C)CC(C=CC(CC)C(C)C)=NC. The first-order valence-corrected chi connectivity index (χ1v) is 6.68. The van der Waals surface area contributed by atoms with Crippen molar-refractivity contribution in [2.75, 3.05) is 7.05 Å². The first kappa shape index (κ1) is 15.4. The highest BCUT2D eigenvalue weighted by atomic mass is 14.7. The van der Waals surface area contributed by atoms with E-state index in [-0.39, 0.29) is 0 Å². The van der Waals surface area contributed by atoms with Gasteiger partial charge in [-0.2, -0.15) is 0 Å². The van der Waals surface area contributed by atoms with Gasteiger partial charge in [-0.05, 0) is 36.7 Å². The molecular formula is C15H29N. The van der Waals surface area contributed by atoms with Gasteiger partial charge in [0.1, 0.15) is 0 Å². The summed E-state index contributed by atoms with van der Waals surface area (Å²) in [6.07, 6.45) is 8.14. The minimum Gasteiger partial charge on any atom is -0.293 e. The highest BCUT2D eigenvalue weighted by molar-refractivity contribution is 5.94. The molecule has 0 aliphatic rings.